The highest BCUT2D eigenvalue weighted by Crippen LogP contribution is 2.45. The molecule has 3 heterocycles. The molecule has 3 aromatic rings. The van der Waals surface area contributed by atoms with Gasteiger partial charge in [-0.15, -0.1) is 0 Å². The molecule has 0 radical (unpaired) electrons. The summed E-state index contributed by atoms with van der Waals surface area (Å²) in [5.74, 6) is -0.120. The third-order valence-electron chi connectivity index (χ3n) is 6.98. The Balaban J connectivity index is 1.44. The molecule has 2 aliphatic heterocycles. The van der Waals surface area contributed by atoms with Gasteiger partial charge in [0.15, 0.2) is 5.54 Å². The molecule has 9 heteroatoms. The lowest BCUT2D eigenvalue weighted by Crippen LogP contribution is -2.49. The van der Waals surface area contributed by atoms with Crippen LogP contribution < -0.4 is 10.1 Å². The monoisotopic (exact) mass is 480 g/mol. The summed E-state index contributed by atoms with van der Waals surface area (Å²) in [6, 6.07) is 11.5. The molecule has 0 saturated carbocycles. The van der Waals surface area contributed by atoms with E-state index in [0.29, 0.717) is 23.7 Å². The average Bonchev–Trinajstić information content (AvgIpc) is 3.30. The molecule has 1 saturated heterocycles. The summed E-state index contributed by atoms with van der Waals surface area (Å²) in [5.41, 5.74) is 2.09. The molecule has 0 aliphatic carbocycles. The van der Waals surface area contributed by atoms with Gasteiger partial charge >= 0.3 is 6.03 Å². The van der Waals surface area contributed by atoms with Crippen LogP contribution in [0.1, 0.15) is 30.7 Å². The number of ether oxygens (including phenoxy) is 1. The molecule has 2 aliphatic rings. The van der Waals surface area contributed by atoms with Crippen LogP contribution in [-0.2, 0) is 28.1 Å². The third kappa shape index (κ3) is 3.16. The molecule has 2 atom stereocenters. The Kier molecular flexibility index (Phi) is 5.28. The largest absolute Gasteiger partial charge is 0.497 e. The van der Waals surface area contributed by atoms with Crippen LogP contribution in [0.25, 0.3) is 10.9 Å². The Bertz CT molecular complexity index is 1340. The first kappa shape index (κ1) is 22.3. The minimum absolute atomic E-state index is 0.202. The van der Waals surface area contributed by atoms with Gasteiger partial charge in [-0.05, 0) is 55.7 Å². The minimum Gasteiger partial charge on any atom is -0.497 e. The van der Waals surface area contributed by atoms with Gasteiger partial charge in [0.05, 0.1) is 12.8 Å². The lowest BCUT2D eigenvalue weighted by atomic mass is 9.87. The Morgan fingerprint density at radius 2 is 2.03 bits per heavy atom. The minimum atomic E-state index is -1.21. The van der Waals surface area contributed by atoms with E-state index in [0.717, 1.165) is 32.7 Å². The maximum atomic E-state index is 13.7. The first-order valence-corrected chi connectivity index (χ1v) is 11.5. The number of hydrogen-bond acceptors (Lipinski definition) is 4. The number of methoxy groups -OCH3 is 1. The molecule has 8 nitrogen and oxygen atoms in total. The molecule has 2 N–H and O–H groups in total. The van der Waals surface area contributed by atoms with Gasteiger partial charge in [0, 0.05) is 29.0 Å². The zero-order valence-corrected chi connectivity index (χ0v) is 19.9. The average molecular weight is 481 g/mol. The predicted octanol–water partition coefficient (Wildman–Crippen LogP) is 3.57. The van der Waals surface area contributed by atoms with Crippen molar-refractivity contribution in [1.82, 2.24) is 20.1 Å². The highest BCUT2D eigenvalue weighted by Gasteiger charge is 2.60. The molecule has 2 aromatic carbocycles. The maximum Gasteiger partial charge on any atom is 0.328 e. The number of imide groups is 1. The summed E-state index contributed by atoms with van der Waals surface area (Å²) >= 11 is 6.17. The van der Waals surface area contributed by atoms with Crippen LogP contribution in [0, 0.1) is 0 Å². The van der Waals surface area contributed by atoms with Crippen molar-refractivity contribution < 1.29 is 19.1 Å². The number of halogens is 1. The molecule has 0 bridgehead atoms. The number of amides is 4. The summed E-state index contributed by atoms with van der Waals surface area (Å²) < 4.78 is 5.36. The van der Waals surface area contributed by atoms with Crippen molar-refractivity contribution in [2.45, 2.75) is 38.4 Å². The van der Waals surface area contributed by atoms with E-state index >= 15 is 0 Å². The second-order valence-corrected chi connectivity index (χ2v) is 9.21. The quantitative estimate of drug-likeness (QED) is 0.546. The van der Waals surface area contributed by atoms with Crippen molar-refractivity contribution in [2.75, 3.05) is 13.7 Å². The topological polar surface area (TPSA) is 94.7 Å². The van der Waals surface area contributed by atoms with Crippen molar-refractivity contribution >= 4 is 40.3 Å². The summed E-state index contributed by atoms with van der Waals surface area (Å²) in [6.45, 7) is 3.89. The van der Waals surface area contributed by atoms with E-state index < -0.39 is 29.4 Å². The molecule has 2 unspecified atom stereocenters. The van der Waals surface area contributed by atoms with Gasteiger partial charge in [-0.1, -0.05) is 29.8 Å². The zero-order chi connectivity index (χ0) is 24.2. The first-order valence-electron chi connectivity index (χ1n) is 11.1. The fourth-order valence-corrected chi connectivity index (χ4v) is 5.21. The normalized spacial score (nSPS) is 20.4. The molecular weight excluding hydrogens is 456 g/mol. The van der Waals surface area contributed by atoms with E-state index in [4.69, 9.17) is 16.3 Å². The third-order valence-corrected chi connectivity index (χ3v) is 7.34. The van der Waals surface area contributed by atoms with E-state index in [-0.39, 0.29) is 6.54 Å². The van der Waals surface area contributed by atoms with Gasteiger partial charge in [0.25, 0.3) is 5.91 Å². The standard InChI is InChI=1S/C25H25ClN4O4/c1-14(22(31)27-13-15-6-4-5-7-19(15)26)30-23(32)25(2)21-17(10-11-29(25)24(30)33)18-12-16(34-3)8-9-20(18)28-21/h4-9,12,14,28H,10-11,13H2,1-3H3,(H,27,31). The zero-order valence-electron chi connectivity index (χ0n) is 19.1. The van der Waals surface area contributed by atoms with E-state index in [1.807, 2.05) is 36.4 Å². The van der Waals surface area contributed by atoms with Gasteiger partial charge in [-0.2, -0.15) is 0 Å². The van der Waals surface area contributed by atoms with Gasteiger partial charge in [-0.25, -0.2) is 9.69 Å². The highest BCUT2D eigenvalue weighted by molar-refractivity contribution is 6.31. The SMILES string of the molecule is COc1ccc2[nH]c3c(c2c1)CCN1C(=O)N(C(C)C(=O)NCc2ccccc2Cl)C(=O)C31C. The molecule has 1 fully saturated rings. The number of nitrogens with zero attached hydrogens (tertiary/aromatic N) is 2. The van der Waals surface area contributed by atoms with Gasteiger partial charge in [-0.3, -0.25) is 9.59 Å². The highest BCUT2D eigenvalue weighted by atomic mass is 35.5. The number of aromatic nitrogens is 1. The maximum absolute atomic E-state index is 13.7. The fraction of sp³-hybridized carbons (Fsp3) is 0.320. The number of fused-ring (bicyclic) bond motifs is 5. The molecule has 34 heavy (non-hydrogen) atoms. The molecule has 4 amide bonds. The van der Waals surface area contributed by atoms with E-state index in [1.54, 1.807) is 31.9 Å². The van der Waals surface area contributed by atoms with Crippen LogP contribution in [-0.4, -0.2) is 52.3 Å². The second-order valence-electron chi connectivity index (χ2n) is 8.81. The molecule has 5 rings (SSSR count). The Hall–Kier alpha value is -3.52. The number of nitrogens with one attached hydrogen (secondary N) is 2. The van der Waals surface area contributed by atoms with Crippen LogP contribution >= 0.6 is 11.6 Å². The number of urea groups is 1. The summed E-state index contributed by atoms with van der Waals surface area (Å²) in [4.78, 5) is 46.0. The van der Waals surface area contributed by atoms with Crippen molar-refractivity contribution in [3.8, 4) is 5.75 Å². The van der Waals surface area contributed by atoms with Crippen molar-refractivity contribution in [1.29, 1.82) is 0 Å². The number of carbonyl (C=O) groups excluding carboxylic acids is 3. The fourth-order valence-electron chi connectivity index (χ4n) is 5.00. The number of hydrogen-bond donors (Lipinski definition) is 2. The number of benzene rings is 2. The van der Waals surface area contributed by atoms with E-state index in [9.17, 15) is 14.4 Å². The van der Waals surface area contributed by atoms with Crippen molar-refractivity contribution in [3.05, 3.63) is 64.3 Å². The van der Waals surface area contributed by atoms with Crippen molar-refractivity contribution in [2.24, 2.45) is 0 Å². The summed E-state index contributed by atoms with van der Waals surface area (Å²) in [5, 5.41) is 4.31. The first-order chi connectivity index (χ1) is 16.3. The Morgan fingerprint density at radius 3 is 2.76 bits per heavy atom. The summed E-state index contributed by atoms with van der Waals surface area (Å²) in [7, 11) is 1.61. The second kappa shape index (κ2) is 8.06. The smallest absolute Gasteiger partial charge is 0.328 e. The van der Waals surface area contributed by atoms with Crippen molar-refractivity contribution in [3.63, 3.8) is 0 Å². The lowest BCUT2D eigenvalue weighted by molar-refractivity contribution is -0.139. The number of aromatic amines is 1. The van der Waals surface area contributed by atoms with Crippen LogP contribution in [0.15, 0.2) is 42.5 Å². The number of H-pyrrole nitrogens is 1. The number of rotatable bonds is 5. The van der Waals surface area contributed by atoms with Gasteiger partial charge in [0.2, 0.25) is 5.91 Å². The molecule has 176 valence electrons. The number of carbonyl (C=O) groups is 3. The van der Waals surface area contributed by atoms with Crippen LogP contribution in [0.4, 0.5) is 4.79 Å². The Labute approximate surface area is 201 Å². The summed E-state index contributed by atoms with van der Waals surface area (Å²) in [6.07, 6.45) is 0.595. The van der Waals surface area contributed by atoms with Gasteiger partial charge < -0.3 is 19.9 Å². The predicted molar refractivity (Wildman–Crippen MR) is 128 cm³/mol. The van der Waals surface area contributed by atoms with E-state index in [2.05, 4.69) is 10.3 Å². The Morgan fingerprint density at radius 1 is 1.26 bits per heavy atom. The molecule has 0 spiro atoms. The van der Waals surface area contributed by atoms with E-state index in [1.165, 1.54) is 0 Å². The van der Waals surface area contributed by atoms with Gasteiger partial charge in [0.1, 0.15) is 11.8 Å². The van der Waals surface area contributed by atoms with Crippen LogP contribution in [0.3, 0.4) is 0 Å². The van der Waals surface area contributed by atoms with Crippen LogP contribution in [0.5, 0.6) is 5.75 Å². The van der Waals surface area contributed by atoms with Crippen LogP contribution in [0.2, 0.25) is 5.02 Å². The molecular formula is C25H25ClN4O4. The molecule has 1 aromatic heterocycles. The lowest BCUT2D eigenvalue weighted by Gasteiger charge is -2.36.